The minimum atomic E-state index is -0.536. The largest absolute Gasteiger partial charge is 0.508 e. The Hall–Kier alpha value is -5.32. The summed E-state index contributed by atoms with van der Waals surface area (Å²) in [5.74, 6) is -0.00592. The highest BCUT2D eigenvalue weighted by atomic mass is 16.5. The van der Waals surface area contributed by atoms with Crippen LogP contribution in [0.5, 0.6) is 23.0 Å². The van der Waals surface area contributed by atoms with Crippen LogP contribution in [0.15, 0.2) is 71.4 Å². The minimum absolute atomic E-state index is 0.107. The summed E-state index contributed by atoms with van der Waals surface area (Å²) in [6, 6.07) is 15.5. The van der Waals surface area contributed by atoms with Crippen molar-refractivity contribution < 1.29 is 33.7 Å². The fourth-order valence-electron chi connectivity index (χ4n) is 3.77. The topological polar surface area (TPSA) is 139 Å². The molecule has 3 aromatic rings. The van der Waals surface area contributed by atoms with Gasteiger partial charge in [0.05, 0.1) is 21.3 Å². The van der Waals surface area contributed by atoms with Crippen molar-refractivity contribution in [1.29, 1.82) is 0 Å². The second kappa shape index (κ2) is 11.4. The summed E-state index contributed by atoms with van der Waals surface area (Å²) >= 11 is 0. The molecular formula is C28H26N4O7. The molecule has 0 aromatic heterocycles. The zero-order chi connectivity index (χ0) is 28.1. The van der Waals surface area contributed by atoms with Crippen molar-refractivity contribution in [3.05, 3.63) is 83.1 Å². The molecular weight excluding hydrogens is 504 g/mol. The second-order valence-electron chi connectivity index (χ2n) is 8.31. The summed E-state index contributed by atoms with van der Waals surface area (Å²) in [6.45, 7) is 1.59. The third-order valence-electron chi connectivity index (χ3n) is 5.77. The molecule has 39 heavy (non-hydrogen) atoms. The molecule has 1 heterocycles. The van der Waals surface area contributed by atoms with Crippen LogP contribution in [-0.4, -0.2) is 55.0 Å². The standard InChI is InChI=1S/C28H26N4O7/c1-16-29-22(13-17-5-11-21(33)12-6-17)28(36)32(16)31-27(35)18-7-9-20(10-8-18)30-26(34)19-14-23(37-2)25(39-4)24(15-19)38-3/h5-15,33H,1-4H3,(H,30,34)(H,31,35)/b22-13-. The normalized spacial score (nSPS) is 13.6. The fourth-order valence-corrected chi connectivity index (χ4v) is 3.77. The van der Waals surface area contributed by atoms with Crippen LogP contribution in [0.1, 0.15) is 33.2 Å². The number of rotatable bonds is 8. The van der Waals surface area contributed by atoms with Crippen molar-refractivity contribution in [3.63, 3.8) is 0 Å². The van der Waals surface area contributed by atoms with Gasteiger partial charge in [-0.1, -0.05) is 12.1 Å². The number of amides is 3. The van der Waals surface area contributed by atoms with Crippen molar-refractivity contribution in [1.82, 2.24) is 10.4 Å². The molecule has 0 saturated heterocycles. The fraction of sp³-hybridized carbons (Fsp3) is 0.143. The maximum absolute atomic E-state index is 12.8. The molecule has 0 spiro atoms. The lowest BCUT2D eigenvalue weighted by Crippen LogP contribution is -2.46. The number of nitrogens with one attached hydrogen (secondary N) is 2. The van der Waals surface area contributed by atoms with E-state index in [1.807, 2.05) is 0 Å². The Morgan fingerprint density at radius 3 is 2.05 bits per heavy atom. The van der Waals surface area contributed by atoms with Gasteiger partial charge in [-0.15, -0.1) is 0 Å². The van der Waals surface area contributed by atoms with Gasteiger partial charge in [-0.25, -0.2) is 10.0 Å². The lowest BCUT2D eigenvalue weighted by atomic mass is 10.1. The van der Waals surface area contributed by atoms with Crippen molar-refractivity contribution in [3.8, 4) is 23.0 Å². The number of ether oxygens (including phenoxy) is 3. The van der Waals surface area contributed by atoms with Crippen LogP contribution in [0.2, 0.25) is 0 Å². The lowest BCUT2D eigenvalue weighted by molar-refractivity contribution is -0.124. The average Bonchev–Trinajstić information content (AvgIpc) is 3.20. The third-order valence-corrected chi connectivity index (χ3v) is 5.77. The van der Waals surface area contributed by atoms with E-state index in [0.29, 0.717) is 34.3 Å². The van der Waals surface area contributed by atoms with E-state index in [0.717, 1.165) is 5.01 Å². The van der Waals surface area contributed by atoms with E-state index in [1.54, 1.807) is 37.3 Å². The number of aromatic hydroxyl groups is 1. The number of anilines is 1. The van der Waals surface area contributed by atoms with Gasteiger partial charge >= 0.3 is 0 Å². The predicted molar refractivity (Wildman–Crippen MR) is 144 cm³/mol. The van der Waals surface area contributed by atoms with Crippen LogP contribution >= 0.6 is 0 Å². The van der Waals surface area contributed by atoms with Gasteiger partial charge in [0.1, 0.15) is 17.3 Å². The highest BCUT2D eigenvalue weighted by Gasteiger charge is 2.29. The Balaban J connectivity index is 1.42. The molecule has 4 rings (SSSR count). The summed E-state index contributed by atoms with van der Waals surface area (Å²) in [6.07, 6.45) is 1.56. The number of benzene rings is 3. The summed E-state index contributed by atoms with van der Waals surface area (Å²) in [5.41, 5.74) is 4.35. The first-order valence-corrected chi connectivity index (χ1v) is 11.7. The van der Waals surface area contributed by atoms with Crippen LogP contribution in [0.4, 0.5) is 5.69 Å². The highest BCUT2D eigenvalue weighted by Crippen LogP contribution is 2.38. The summed E-state index contributed by atoms with van der Waals surface area (Å²) in [5, 5.41) is 13.2. The molecule has 11 nitrogen and oxygen atoms in total. The van der Waals surface area contributed by atoms with Crippen LogP contribution in [-0.2, 0) is 4.79 Å². The molecule has 0 atom stereocenters. The smallest absolute Gasteiger partial charge is 0.296 e. The molecule has 1 aliphatic rings. The number of hydrazine groups is 1. The van der Waals surface area contributed by atoms with Gasteiger partial charge in [0.25, 0.3) is 17.7 Å². The van der Waals surface area contributed by atoms with E-state index < -0.39 is 17.7 Å². The molecule has 11 heteroatoms. The van der Waals surface area contributed by atoms with E-state index >= 15 is 0 Å². The van der Waals surface area contributed by atoms with Crippen molar-refractivity contribution in [2.75, 3.05) is 26.6 Å². The Morgan fingerprint density at radius 2 is 1.49 bits per heavy atom. The zero-order valence-electron chi connectivity index (χ0n) is 21.6. The molecule has 0 saturated carbocycles. The number of hydrogen-bond donors (Lipinski definition) is 3. The highest BCUT2D eigenvalue weighted by molar-refractivity contribution is 6.15. The number of methoxy groups -OCH3 is 3. The monoisotopic (exact) mass is 530 g/mol. The Labute approximate surface area is 224 Å². The van der Waals surface area contributed by atoms with Gasteiger partial charge < -0.3 is 24.6 Å². The number of hydrogen-bond acceptors (Lipinski definition) is 8. The molecule has 1 aliphatic heterocycles. The zero-order valence-corrected chi connectivity index (χ0v) is 21.6. The predicted octanol–water partition coefficient (Wildman–Crippen LogP) is 3.62. The lowest BCUT2D eigenvalue weighted by Gasteiger charge is -2.17. The molecule has 0 fully saturated rings. The SMILES string of the molecule is COc1cc(C(=O)Nc2ccc(C(=O)NN3C(=O)/C(=C/c4ccc(O)cc4)N=C3C)cc2)cc(OC)c1OC. The molecule has 0 radical (unpaired) electrons. The quantitative estimate of drug-likeness (QED) is 0.378. The molecule has 0 unspecified atom stereocenters. The van der Waals surface area contributed by atoms with Crippen LogP contribution in [0, 0.1) is 0 Å². The maximum atomic E-state index is 12.8. The van der Waals surface area contributed by atoms with E-state index in [-0.39, 0.29) is 22.6 Å². The third kappa shape index (κ3) is 5.82. The number of phenols is 1. The summed E-state index contributed by atoms with van der Waals surface area (Å²) < 4.78 is 15.9. The number of carbonyl (C=O) groups is 3. The van der Waals surface area contributed by atoms with Crippen LogP contribution < -0.4 is 25.0 Å². The molecule has 3 aromatic carbocycles. The van der Waals surface area contributed by atoms with Gasteiger partial charge in [-0.2, -0.15) is 0 Å². The minimum Gasteiger partial charge on any atom is -0.508 e. The van der Waals surface area contributed by atoms with Crippen molar-refractivity contribution in [2.45, 2.75) is 6.92 Å². The first-order chi connectivity index (χ1) is 18.7. The van der Waals surface area contributed by atoms with E-state index in [4.69, 9.17) is 14.2 Å². The Bertz CT molecular complexity index is 1450. The summed E-state index contributed by atoms with van der Waals surface area (Å²) in [4.78, 5) is 42.7. The van der Waals surface area contributed by atoms with E-state index in [2.05, 4.69) is 15.7 Å². The van der Waals surface area contributed by atoms with Gasteiger partial charge in [0, 0.05) is 16.8 Å². The summed E-state index contributed by atoms with van der Waals surface area (Å²) in [7, 11) is 4.39. The second-order valence-corrected chi connectivity index (χ2v) is 8.31. The van der Waals surface area contributed by atoms with E-state index in [9.17, 15) is 19.5 Å². The first-order valence-electron chi connectivity index (χ1n) is 11.7. The number of amidine groups is 1. The van der Waals surface area contributed by atoms with Crippen molar-refractivity contribution >= 4 is 35.3 Å². The average molecular weight is 531 g/mol. The Morgan fingerprint density at radius 1 is 0.872 bits per heavy atom. The molecule has 3 N–H and O–H groups in total. The van der Waals surface area contributed by atoms with Crippen LogP contribution in [0.25, 0.3) is 6.08 Å². The van der Waals surface area contributed by atoms with Gasteiger partial charge in [-0.05, 0) is 67.1 Å². The number of nitrogens with zero attached hydrogens (tertiary/aromatic N) is 2. The number of phenolic OH excluding ortho intramolecular Hbond substituents is 1. The number of carbonyl (C=O) groups excluding carboxylic acids is 3. The first kappa shape index (κ1) is 26.7. The number of aliphatic imine (C=N–C) groups is 1. The van der Waals surface area contributed by atoms with Gasteiger partial charge in [0.15, 0.2) is 11.5 Å². The molecule has 0 bridgehead atoms. The van der Waals surface area contributed by atoms with Crippen LogP contribution in [0.3, 0.4) is 0 Å². The Kier molecular flexibility index (Phi) is 7.80. The van der Waals surface area contributed by atoms with Gasteiger partial charge in [0.2, 0.25) is 5.75 Å². The van der Waals surface area contributed by atoms with Crippen molar-refractivity contribution in [2.24, 2.45) is 4.99 Å². The molecule has 200 valence electrons. The van der Waals surface area contributed by atoms with Gasteiger partial charge in [-0.3, -0.25) is 19.8 Å². The maximum Gasteiger partial charge on any atom is 0.296 e. The van der Waals surface area contributed by atoms with E-state index in [1.165, 1.54) is 57.7 Å². The molecule has 0 aliphatic carbocycles. The molecule has 3 amide bonds.